The summed E-state index contributed by atoms with van der Waals surface area (Å²) in [4.78, 5) is 13.6. The standard InChI is InChI=1S/C12H24N2O/c1-9(6-12(2,3)4)5-11(15)14-7-10(13)8-14/h9-10H,5-8,13H2,1-4H3. The summed E-state index contributed by atoms with van der Waals surface area (Å²) in [5.74, 6) is 0.739. The predicted octanol–water partition coefficient (Wildman–Crippen LogP) is 1.62. The Hall–Kier alpha value is -0.570. The molecule has 0 radical (unpaired) electrons. The molecule has 0 aromatic rings. The third kappa shape index (κ3) is 4.20. The summed E-state index contributed by atoms with van der Waals surface area (Å²) in [6.45, 7) is 10.3. The Bertz CT molecular complexity index is 226. The number of hydrogen-bond donors (Lipinski definition) is 1. The Morgan fingerprint density at radius 3 is 2.40 bits per heavy atom. The van der Waals surface area contributed by atoms with Crippen molar-refractivity contribution in [3.05, 3.63) is 0 Å². The van der Waals surface area contributed by atoms with Crippen molar-refractivity contribution >= 4 is 5.91 Å². The van der Waals surface area contributed by atoms with Gasteiger partial charge in [-0.1, -0.05) is 27.7 Å². The highest BCUT2D eigenvalue weighted by Gasteiger charge is 2.28. The van der Waals surface area contributed by atoms with Crippen LogP contribution in [0, 0.1) is 11.3 Å². The Morgan fingerprint density at radius 1 is 1.47 bits per heavy atom. The molecule has 1 amide bonds. The van der Waals surface area contributed by atoms with Gasteiger partial charge in [-0.2, -0.15) is 0 Å². The molecule has 1 aliphatic rings. The Labute approximate surface area is 93.0 Å². The van der Waals surface area contributed by atoms with Gasteiger partial charge in [0.25, 0.3) is 0 Å². The molecule has 0 saturated carbocycles. The van der Waals surface area contributed by atoms with Crippen molar-refractivity contribution in [2.24, 2.45) is 17.1 Å². The van der Waals surface area contributed by atoms with E-state index < -0.39 is 0 Å². The lowest BCUT2D eigenvalue weighted by Gasteiger charge is -2.37. The zero-order chi connectivity index (χ0) is 11.6. The molecule has 0 aromatic carbocycles. The largest absolute Gasteiger partial charge is 0.339 e. The van der Waals surface area contributed by atoms with Crippen molar-refractivity contribution in [2.75, 3.05) is 13.1 Å². The van der Waals surface area contributed by atoms with E-state index >= 15 is 0 Å². The maximum atomic E-state index is 11.7. The molecule has 3 heteroatoms. The van der Waals surface area contributed by atoms with Crippen molar-refractivity contribution in [1.29, 1.82) is 0 Å². The summed E-state index contributed by atoms with van der Waals surface area (Å²) in [7, 11) is 0. The van der Waals surface area contributed by atoms with Crippen LogP contribution in [0.5, 0.6) is 0 Å². The summed E-state index contributed by atoms with van der Waals surface area (Å²) < 4.78 is 0. The second-order valence-electron chi connectivity index (χ2n) is 6.13. The molecule has 1 atom stereocenters. The minimum Gasteiger partial charge on any atom is -0.339 e. The van der Waals surface area contributed by atoms with Crippen molar-refractivity contribution < 1.29 is 4.79 Å². The van der Waals surface area contributed by atoms with Crippen LogP contribution in [0.25, 0.3) is 0 Å². The van der Waals surface area contributed by atoms with Gasteiger partial charge in [0, 0.05) is 25.6 Å². The quantitative estimate of drug-likeness (QED) is 0.772. The van der Waals surface area contributed by atoms with Gasteiger partial charge in [-0.05, 0) is 17.8 Å². The Kier molecular flexibility index (Phi) is 3.77. The number of likely N-dealkylation sites (tertiary alicyclic amines) is 1. The molecule has 0 aliphatic carbocycles. The molecule has 2 N–H and O–H groups in total. The van der Waals surface area contributed by atoms with Crippen LogP contribution in [-0.4, -0.2) is 29.9 Å². The number of nitrogens with two attached hydrogens (primary N) is 1. The van der Waals surface area contributed by atoms with E-state index in [0.717, 1.165) is 19.5 Å². The van der Waals surface area contributed by atoms with Crippen LogP contribution in [-0.2, 0) is 4.79 Å². The van der Waals surface area contributed by atoms with Gasteiger partial charge in [-0.3, -0.25) is 4.79 Å². The SMILES string of the molecule is CC(CC(=O)N1CC(N)C1)CC(C)(C)C. The average molecular weight is 212 g/mol. The van der Waals surface area contributed by atoms with Gasteiger partial charge in [0.1, 0.15) is 0 Å². The van der Waals surface area contributed by atoms with Gasteiger partial charge < -0.3 is 10.6 Å². The van der Waals surface area contributed by atoms with E-state index in [4.69, 9.17) is 5.73 Å². The van der Waals surface area contributed by atoms with E-state index in [2.05, 4.69) is 27.7 Å². The van der Waals surface area contributed by atoms with Crippen molar-refractivity contribution in [3.63, 3.8) is 0 Å². The highest BCUT2D eigenvalue weighted by molar-refractivity contribution is 5.77. The smallest absolute Gasteiger partial charge is 0.222 e. The lowest BCUT2D eigenvalue weighted by Crippen LogP contribution is -2.58. The number of hydrogen-bond acceptors (Lipinski definition) is 2. The second kappa shape index (κ2) is 4.52. The molecule has 88 valence electrons. The van der Waals surface area contributed by atoms with Gasteiger partial charge in [0.05, 0.1) is 0 Å². The lowest BCUT2D eigenvalue weighted by atomic mass is 9.84. The molecule has 0 aromatic heterocycles. The minimum atomic E-state index is 0.215. The summed E-state index contributed by atoms with van der Waals surface area (Å²) in [6.07, 6.45) is 1.77. The van der Waals surface area contributed by atoms with Crippen LogP contribution in [0.4, 0.5) is 0 Å². The van der Waals surface area contributed by atoms with Gasteiger partial charge in [0.15, 0.2) is 0 Å². The first-order chi connectivity index (χ1) is 6.78. The van der Waals surface area contributed by atoms with Crippen LogP contribution in [0.15, 0.2) is 0 Å². The number of amides is 1. The highest BCUT2D eigenvalue weighted by atomic mass is 16.2. The molecular formula is C12H24N2O. The van der Waals surface area contributed by atoms with Gasteiger partial charge >= 0.3 is 0 Å². The van der Waals surface area contributed by atoms with Crippen LogP contribution in [0.2, 0.25) is 0 Å². The summed E-state index contributed by atoms with van der Waals surface area (Å²) in [6, 6.07) is 0.215. The molecular weight excluding hydrogens is 188 g/mol. The maximum Gasteiger partial charge on any atom is 0.222 e. The summed E-state index contributed by atoms with van der Waals surface area (Å²) in [5, 5.41) is 0. The van der Waals surface area contributed by atoms with Gasteiger partial charge in [-0.25, -0.2) is 0 Å². The topological polar surface area (TPSA) is 46.3 Å². The van der Waals surface area contributed by atoms with Gasteiger partial charge in [0.2, 0.25) is 5.91 Å². The lowest BCUT2D eigenvalue weighted by molar-refractivity contribution is -0.136. The van der Waals surface area contributed by atoms with Crippen LogP contribution < -0.4 is 5.73 Å². The summed E-state index contributed by atoms with van der Waals surface area (Å²) in [5.41, 5.74) is 5.96. The fourth-order valence-electron chi connectivity index (χ4n) is 2.26. The minimum absolute atomic E-state index is 0.215. The van der Waals surface area contributed by atoms with Crippen LogP contribution in [0.1, 0.15) is 40.5 Å². The molecule has 3 nitrogen and oxygen atoms in total. The Morgan fingerprint density at radius 2 is 2.00 bits per heavy atom. The van der Waals surface area contributed by atoms with Crippen LogP contribution >= 0.6 is 0 Å². The molecule has 1 saturated heterocycles. The summed E-state index contributed by atoms with van der Waals surface area (Å²) >= 11 is 0. The van der Waals surface area contributed by atoms with E-state index in [-0.39, 0.29) is 11.9 Å². The second-order valence-corrected chi connectivity index (χ2v) is 6.13. The van der Waals surface area contributed by atoms with Crippen LogP contribution in [0.3, 0.4) is 0 Å². The predicted molar refractivity (Wildman–Crippen MR) is 62.4 cm³/mol. The fourth-order valence-corrected chi connectivity index (χ4v) is 2.26. The molecule has 1 fully saturated rings. The number of carbonyl (C=O) groups is 1. The van der Waals surface area contributed by atoms with E-state index in [1.807, 2.05) is 4.90 Å². The third-order valence-electron chi connectivity index (χ3n) is 2.75. The van der Waals surface area contributed by atoms with Gasteiger partial charge in [-0.15, -0.1) is 0 Å². The third-order valence-corrected chi connectivity index (χ3v) is 2.75. The zero-order valence-electron chi connectivity index (χ0n) is 10.4. The number of carbonyl (C=O) groups excluding carboxylic acids is 1. The zero-order valence-corrected chi connectivity index (χ0v) is 10.4. The molecule has 0 bridgehead atoms. The maximum absolute atomic E-state index is 11.7. The first-order valence-electron chi connectivity index (χ1n) is 5.81. The van der Waals surface area contributed by atoms with E-state index in [1.165, 1.54) is 0 Å². The molecule has 1 rings (SSSR count). The normalized spacial score (nSPS) is 19.9. The van der Waals surface area contributed by atoms with Crippen molar-refractivity contribution in [2.45, 2.75) is 46.6 Å². The highest BCUT2D eigenvalue weighted by Crippen LogP contribution is 2.26. The van der Waals surface area contributed by atoms with E-state index in [1.54, 1.807) is 0 Å². The molecule has 1 heterocycles. The Balaban J connectivity index is 2.26. The van der Waals surface area contributed by atoms with E-state index in [0.29, 0.717) is 17.8 Å². The monoisotopic (exact) mass is 212 g/mol. The van der Waals surface area contributed by atoms with Crippen molar-refractivity contribution in [3.8, 4) is 0 Å². The first-order valence-corrected chi connectivity index (χ1v) is 5.81. The van der Waals surface area contributed by atoms with Crippen molar-refractivity contribution in [1.82, 2.24) is 4.90 Å². The molecule has 1 aliphatic heterocycles. The fraction of sp³-hybridized carbons (Fsp3) is 0.917. The molecule has 1 unspecified atom stereocenters. The first kappa shape index (κ1) is 12.5. The molecule has 0 spiro atoms. The average Bonchev–Trinajstić information content (AvgIpc) is 1.94. The number of rotatable bonds is 3. The van der Waals surface area contributed by atoms with E-state index in [9.17, 15) is 4.79 Å². The number of nitrogens with zero attached hydrogens (tertiary/aromatic N) is 1. The molecule has 15 heavy (non-hydrogen) atoms.